The highest BCUT2D eigenvalue weighted by Crippen LogP contribution is 2.17. The second kappa shape index (κ2) is 12.0. The molecule has 0 aromatic heterocycles. The minimum Gasteiger partial charge on any atom is -0.494 e. The van der Waals surface area contributed by atoms with Crippen molar-refractivity contribution in [3.05, 3.63) is 89.5 Å². The van der Waals surface area contributed by atoms with Gasteiger partial charge in [-0.2, -0.15) is 5.10 Å². The number of nitrogens with zero attached hydrogens (tertiary/aromatic N) is 1. The van der Waals surface area contributed by atoms with Crippen LogP contribution in [0.3, 0.4) is 0 Å². The topological polar surface area (TPSA) is 86.2 Å². The lowest BCUT2D eigenvalue weighted by molar-refractivity contribution is -0.123. The summed E-state index contributed by atoms with van der Waals surface area (Å²) in [5.41, 5.74) is 4.53. The molecule has 3 aromatic rings. The van der Waals surface area contributed by atoms with Crippen LogP contribution >= 0.6 is 0 Å². The molecule has 7 heteroatoms. The number of hydrogen-bond acceptors (Lipinski definition) is 6. The van der Waals surface area contributed by atoms with Crippen molar-refractivity contribution in [2.45, 2.75) is 20.3 Å². The molecule has 7 nitrogen and oxygen atoms in total. The summed E-state index contributed by atoms with van der Waals surface area (Å²) in [6, 6.07) is 21.0. The third-order valence-corrected chi connectivity index (χ3v) is 4.51. The number of aryl methyl sites for hydroxylation is 1. The van der Waals surface area contributed by atoms with Gasteiger partial charge in [-0.05, 0) is 79.1 Å². The third kappa shape index (κ3) is 7.50. The van der Waals surface area contributed by atoms with Crippen molar-refractivity contribution >= 4 is 18.1 Å². The van der Waals surface area contributed by atoms with Gasteiger partial charge in [-0.25, -0.2) is 10.2 Å². The average molecular weight is 447 g/mol. The van der Waals surface area contributed by atoms with Crippen LogP contribution in [0.1, 0.15) is 34.8 Å². The highest BCUT2D eigenvalue weighted by molar-refractivity contribution is 5.91. The Morgan fingerprint density at radius 1 is 0.909 bits per heavy atom. The molecule has 0 saturated heterocycles. The van der Waals surface area contributed by atoms with E-state index in [9.17, 15) is 9.59 Å². The molecule has 0 bridgehead atoms. The maximum Gasteiger partial charge on any atom is 0.343 e. The lowest BCUT2D eigenvalue weighted by Crippen LogP contribution is -2.24. The monoisotopic (exact) mass is 446 g/mol. The molecule has 0 unspecified atom stereocenters. The third-order valence-electron chi connectivity index (χ3n) is 4.51. The molecule has 1 N–H and O–H groups in total. The summed E-state index contributed by atoms with van der Waals surface area (Å²) in [4.78, 5) is 24.2. The highest BCUT2D eigenvalue weighted by atomic mass is 16.5. The van der Waals surface area contributed by atoms with E-state index in [0.29, 0.717) is 29.4 Å². The summed E-state index contributed by atoms with van der Waals surface area (Å²) in [7, 11) is 0. The molecular weight excluding hydrogens is 420 g/mol. The maximum atomic E-state index is 12.3. The molecule has 170 valence electrons. The lowest BCUT2D eigenvalue weighted by atomic mass is 10.2. The summed E-state index contributed by atoms with van der Waals surface area (Å²) in [5, 5.41) is 3.92. The van der Waals surface area contributed by atoms with Crippen LogP contribution in [-0.2, 0) is 4.79 Å². The first-order valence-electron chi connectivity index (χ1n) is 10.6. The smallest absolute Gasteiger partial charge is 0.343 e. The number of esters is 1. The summed E-state index contributed by atoms with van der Waals surface area (Å²) in [5.74, 6) is 0.943. The van der Waals surface area contributed by atoms with Crippen LogP contribution in [0.4, 0.5) is 0 Å². The number of ether oxygens (including phenoxy) is 3. The van der Waals surface area contributed by atoms with Crippen LogP contribution in [0.2, 0.25) is 0 Å². The van der Waals surface area contributed by atoms with Crippen molar-refractivity contribution in [3.8, 4) is 17.2 Å². The Morgan fingerprint density at radius 2 is 1.61 bits per heavy atom. The van der Waals surface area contributed by atoms with Gasteiger partial charge in [0.1, 0.15) is 17.2 Å². The highest BCUT2D eigenvalue weighted by Gasteiger charge is 2.09. The molecule has 0 radical (unpaired) electrons. The second-order valence-corrected chi connectivity index (χ2v) is 7.18. The fourth-order valence-electron chi connectivity index (χ4n) is 2.77. The van der Waals surface area contributed by atoms with Crippen LogP contribution in [0.15, 0.2) is 77.9 Å². The molecule has 0 fully saturated rings. The van der Waals surface area contributed by atoms with Gasteiger partial charge in [-0.1, -0.05) is 25.1 Å². The molecule has 0 heterocycles. The molecule has 0 aliphatic heterocycles. The zero-order valence-corrected chi connectivity index (χ0v) is 18.6. The minimum absolute atomic E-state index is 0.136. The molecule has 0 atom stereocenters. The van der Waals surface area contributed by atoms with Gasteiger partial charge in [0, 0.05) is 0 Å². The largest absolute Gasteiger partial charge is 0.494 e. The number of carbonyl (C=O) groups is 2. The number of amides is 1. The molecule has 0 aliphatic carbocycles. The standard InChI is InChI=1S/C26H26N2O5/c1-3-16-31-22-14-10-21(11-15-22)26(30)33-23-12-8-20(9-13-23)17-27-28-25(29)18-32-24-7-5-4-6-19(24)2/h4-15,17H,3,16,18H2,1-2H3,(H,28,29)/b27-17+. The first-order chi connectivity index (χ1) is 16.0. The SMILES string of the molecule is CCCOc1ccc(C(=O)Oc2ccc(/C=N/NC(=O)COc3ccccc3C)cc2)cc1. The lowest BCUT2D eigenvalue weighted by Gasteiger charge is -2.07. The zero-order chi connectivity index (χ0) is 23.5. The van der Waals surface area contributed by atoms with E-state index >= 15 is 0 Å². The number of hydrogen-bond donors (Lipinski definition) is 1. The van der Waals surface area contributed by atoms with Gasteiger partial charge in [0.05, 0.1) is 18.4 Å². The van der Waals surface area contributed by atoms with Crippen LogP contribution in [0.25, 0.3) is 0 Å². The number of rotatable bonds is 10. The Balaban J connectivity index is 1.45. The summed E-state index contributed by atoms with van der Waals surface area (Å²) >= 11 is 0. The van der Waals surface area contributed by atoms with Crippen LogP contribution in [0, 0.1) is 6.92 Å². The summed E-state index contributed by atoms with van der Waals surface area (Å²) in [6.45, 7) is 4.43. The second-order valence-electron chi connectivity index (χ2n) is 7.18. The van der Waals surface area contributed by atoms with E-state index in [2.05, 4.69) is 10.5 Å². The maximum absolute atomic E-state index is 12.3. The van der Waals surface area contributed by atoms with E-state index in [-0.39, 0.29) is 12.5 Å². The zero-order valence-electron chi connectivity index (χ0n) is 18.6. The van der Waals surface area contributed by atoms with E-state index in [1.165, 1.54) is 6.21 Å². The van der Waals surface area contributed by atoms with E-state index in [1.54, 1.807) is 54.6 Å². The number of carbonyl (C=O) groups excluding carboxylic acids is 2. The number of benzene rings is 3. The van der Waals surface area contributed by atoms with Gasteiger partial charge in [0.15, 0.2) is 6.61 Å². The summed E-state index contributed by atoms with van der Waals surface area (Å²) in [6.07, 6.45) is 2.41. The van der Waals surface area contributed by atoms with Gasteiger partial charge in [0.2, 0.25) is 0 Å². The van der Waals surface area contributed by atoms with Gasteiger partial charge < -0.3 is 14.2 Å². The van der Waals surface area contributed by atoms with E-state index in [0.717, 1.165) is 17.5 Å². The van der Waals surface area contributed by atoms with Crippen LogP contribution < -0.4 is 19.6 Å². The molecule has 0 aliphatic rings. The number of nitrogens with one attached hydrogen (secondary N) is 1. The van der Waals surface area contributed by atoms with Crippen LogP contribution in [0.5, 0.6) is 17.2 Å². The van der Waals surface area contributed by atoms with E-state index in [1.807, 2.05) is 32.0 Å². The van der Waals surface area contributed by atoms with Gasteiger partial charge >= 0.3 is 5.97 Å². The molecular formula is C26H26N2O5. The Labute approximate surface area is 193 Å². The van der Waals surface area contributed by atoms with Crippen molar-refractivity contribution in [2.75, 3.05) is 13.2 Å². The Kier molecular flexibility index (Phi) is 8.59. The molecule has 3 rings (SSSR count). The average Bonchev–Trinajstić information content (AvgIpc) is 2.83. The fourth-order valence-corrected chi connectivity index (χ4v) is 2.77. The quantitative estimate of drug-likeness (QED) is 0.214. The van der Waals surface area contributed by atoms with Crippen molar-refractivity contribution < 1.29 is 23.8 Å². The minimum atomic E-state index is -0.459. The first kappa shape index (κ1) is 23.5. The fraction of sp³-hybridized carbons (Fsp3) is 0.192. The van der Waals surface area contributed by atoms with E-state index < -0.39 is 5.97 Å². The summed E-state index contributed by atoms with van der Waals surface area (Å²) < 4.78 is 16.4. The Bertz CT molecular complexity index is 1090. The van der Waals surface area contributed by atoms with Crippen LogP contribution in [-0.4, -0.2) is 31.3 Å². The number of para-hydroxylation sites is 1. The molecule has 0 saturated carbocycles. The van der Waals surface area contributed by atoms with Crippen molar-refractivity contribution in [3.63, 3.8) is 0 Å². The van der Waals surface area contributed by atoms with Gasteiger partial charge in [0.25, 0.3) is 5.91 Å². The Morgan fingerprint density at radius 3 is 2.30 bits per heavy atom. The normalized spacial score (nSPS) is 10.6. The molecule has 3 aromatic carbocycles. The van der Waals surface area contributed by atoms with Crippen molar-refractivity contribution in [1.82, 2.24) is 5.43 Å². The molecule has 33 heavy (non-hydrogen) atoms. The predicted molar refractivity (Wildman–Crippen MR) is 126 cm³/mol. The molecule has 0 spiro atoms. The molecule has 1 amide bonds. The van der Waals surface area contributed by atoms with E-state index in [4.69, 9.17) is 14.2 Å². The van der Waals surface area contributed by atoms with Gasteiger partial charge in [-0.3, -0.25) is 4.79 Å². The van der Waals surface area contributed by atoms with Crippen molar-refractivity contribution in [1.29, 1.82) is 0 Å². The Hall–Kier alpha value is -4.13. The van der Waals surface area contributed by atoms with Crippen molar-refractivity contribution in [2.24, 2.45) is 5.10 Å². The predicted octanol–water partition coefficient (Wildman–Crippen LogP) is 4.53. The first-order valence-corrected chi connectivity index (χ1v) is 10.6. The number of hydrazone groups is 1. The van der Waals surface area contributed by atoms with Gasteiger partial charge in [-0.15, -0.1) is 0 Å².